The zero-order valence-electron chi connectivity index (χ0n) is 15.1. The van der Waals surface area contributed by atoms with Crippen molar-refractivity contribution in [2.75, 3.05) is 39.4 Å². The van der Waals surface area contributed by atoms with Gasteiger partial charge in [-0.1, -0.05) is 29.8 Å². The van der Waals surface area contributed by atoms with E-state index in [9.17, 15) is 9.18 Å². The number of carbonyl (C=O) groups is 1. The minimum atomic E-state index is -0.332. The Morgan fingerprint density at radius 1 is 1.12 bits per heavy atom. The van der Waals surface area contributed by atoms with E-state index < -0.39 is 0 Å². The Bertz CT molecular complexity index is 710. The van der Waals surface area contributed by atoms with Crippen LogP contribution in [0.1, 0.15) is 27.5 Å². The summed E-state index contributed by atoms with van der Waals surface area (Å²) in [6.45, 7) is 6.22. The van der Waals surface area contributed by atoms with Crippen LogP contribution in [0.4, 0.5) is 4.39 Å². The summed E-state index contributed by atoms with van der Waals surface area (Å²) in [7, 11) is 0. The molecule has 2 aromatic carbocycles. The highest BCUT2D eigenvalue weighted by Crippen LogP contribution is 2.21. The normalized spacial score (nSPS) is 16.4. The number of benzene rings is 2. The maximum absolute atomic E-state index is 13.0. The van der Waals surface area contributed by atoms with Gasteiger partial charge in [-0.2, -0.15) is 0 Å². The number of rotatable bonds is 7. The molecule has 3 rings (SSSR count). The largest absolute Gasteiger partial charge is 0.379 e. The summed E-state index contributed by atoms with van der Waals surface area (Å²) in [6, 6.07) is 14.4. The van der Waals surface area contributed by atoms with E-state index in [1.807, 2.05) is 0 Å². The van der Waals surface area contributed by atoms with Gasteiger partial charge in [-0.25, -0.2) is 4.39 Å². The van der Waals surface area contributed by atoms with E-state index in [-0.39, 0.29) is 24.2 Å². The van der Waals surface area contributed by atoms with Crippen LogP contribution in [0.3, 0.4) is 0 Å². The maximum atomic E-state index is 13.0. The average Bonchev–Trinajstić information content (AvgIpc) is 2.67. The number of halogens is 1. The summed E-state index contributed by atoms with van der Waals surface area (Å²) < 4.78 is 18.5. The van der Waals surface area contributed by atoms with Gasteiger partial charge in [-0.3, -0.25) is 9.69 Å². The van der Waals surface area contributed by atoms with Gasteiger partial charge >= 0.3 is 0 Å². The van der Waals surface area contributed by atoms with Crippen molar-refractivity contribution in [2.24, 2.45) is 0 Å². The number of hydrogen-bond donors (Lipinski definition) is 1. The van der Waals surface area contributed by atoms with Gasteiger partial charge in [0.15, 0.2) is 5.78 Å². The van der Waals surface area contributed by atoms with Gasteiger partial charge in [-0.15, -0.1) is 0 Å². The van der Waals surface area contributed by atoms with Crippen LogP contribution in [-0.4, -0.2) is 50.1 Å². The first kappa shape index (κ1) is 18.7. The zero-order valence-corrected chi connectivity index (χ0v) is 15.1. The van der Waals surface area contributed by atoms with E-state index in [1.54, 1.807) is 0 Å². The van der Waals surface area contributed by atoms with Crippen LogP contribution in [-0.2, 0) is 4.74 Å². The molecule has 1 aliphatic rings. The molecule has 26 heavy (non-hydrogen) atoms. The second kappa shape index (κ2) is 9.03. The zero-order chi connectivity index (χ0) is 18.4. The van der Waals surface area contributed by atoms with Crippen LogP contribution in [0, 0.1) is 12.7 Å². The number of morpholine rings is 1. The lowest BCUT2D eigenvalue weighted by atomic mass is 10.0. The highest BCUT2D eigenvalue weighted by molar-refractivity contribution is 5.97. The molecule has 0 aliphatic carbocycles. The first-order chi connectivity index (χ1) is 12.6. The monoisotopic (exact) mass is 356 g/mol. The predicted molar refractivity (Wildman–Crippen MR) is 99.9 cm³/mol. The van der Waals surface area contributed by atoms with Crippen LogP contribution < -0.4 is 5.32 Å². The topological polar surface area (TPSA) is 41.6 Å². The van der Waals surface area contributed by atoms with Crippen molar-refractivity contribution in [1.82, 2.24) is 10.2 Å². The van der Waals surface area contributed by atoms with Crippen molar-refractivity contribution < 1.29 is 13.9 Å². The molecule has 1 aliphatic heterocycles. The molecular weight excluding hydrogens is 331 g/mol. The van der Waals surface area contributed by atoms with Crippen molar-refractivity contribution in [3.8, 4) is 0 Å². The van der Waals surface area contributed by atoms with Crippen LogP contribution in [0.25, 0.3) is 0 Å². The molecule has 1 fully saturated rings. The summed E-state index contributed by atoms with van der Waals surface area (Å²) in [5, 5.41) is 3.28. The Hall–Kier alpha value is -2.08. The van der Waals surface area contributed by atoms with Crippen LogP contribution in [0.2, 0.25) is 0 Å². The van der Waals surface area contributed by atoms with Crippen molar-refractivity contribution in [2.45, 2.75) is 13.0 Å². The highest BCUT2D eigenvalue weighted by Gasteiger charge is 2.22. The lowest BCUT2D eigenvalue weighted by Crippen LogP contribution is -2.43. The molecule has 1 atom stereocenters. The summed E-state index contributed by atoms with van der Waals surface area (Å²) in [6.07, 6.45) is 0. The first-order valence-electron chi connectivity index (χ1n) is 9.01. The smallest absolute Gasteiger partial charge is 0.176 e. The summed E-state index contributed by atoms with van der Waals surface area (Å²) >= 11 is 0. The van der Waals surface area contributed by atoms with Gasteiger partial charge in [0.1, 0.15) is 5.82 Å². The van der Waals surface area contributed by atoms with Gasteiger partial charge in [0.25, 0.3) is 0 Å². The molecule has 0 amide bonds. The van der Waals surface area contributed by atoms with Crippen LogP contribution in [0.15, 0.2) is 48.5 Å². The van der Waals surface area contributed by atoms with E-state index >= 15 is 0 Å². The lowest BCUT2D eigenvalue weighted by Gasteiger charge is -2.35. The molecule has 1 unspecified atom stereocenters. The SMILES string of the molecule is Cc1ccc(C(CNCC(=O)c2ccc(F)cc2)N2CCOCC2)cc1. The number of hydrogen-bond acceptors (Lipinski definition) is 4. The molecular formula is C21H25FN2O2. The quantitative estimate of drug-likeness (QED) is 0.775. The third-order valence-corrected chi connectivity index (χ3v) is 4.74. The number of nitrogens with zero attached hydrogens (tertiary/aromatic N) is 1. The van der Waals surface area contributed by atoms with E-state index in [2.05, 4.69) is 41.4 Å². The van der Waals surface area contributed by atoms with Crippen LogP contribution >= 0.6 is 0 Å². The maximum Gasteiger partial charge on any atom is 0.176 e. The van der Waals surface area contributed by atoms with E-state index in [1.165, 1.54) is 35.4 Å². The number of ketones is 1. The molecule has 0 saturated carbocycles. The Balaban J connectivity index is 1.62. The molecule has 0 radical (unpaired) electrons. The molecule has 0 aromatic heterocycles. The average molecular weight is 356 g/mol. The molecule has 0 bridgehead atoms. The molecule has 0 spiro atoms. The Labute approximate surface area is 154 Å². The minimum Gasteiger partial charge on any atom is -0.379 e. The second-order valence-corrected chi connectivity index (χ2v) is 6.64. The van der Waals surface area contributed by atoms with E-state index in [4.69, 9.17) is 4.74 Å². The standard InChI is InChI=1S/C21H25FN2O2/c1-16-2-4-17(5-3-16)20(24-10-12-26-13-11-24)14-23-15-21(25)18-6-8-19(22)9-7-18/h2-9,20,23H,10-15H2,1H3. The lowest BCUT2D eigenvalue weighted by molar-refractivity contribution is 0.0162. The fourth-order valence-corrected chi connectivity index (χ4v) is 3.20. The first-order valence-corrected chi connectivity index (χ1v) is 9.01. The number of carbonyl (C=O) groups excluding carboxylic acids is 1. The third-order valence-electron chi connectivity index (χ3n) is 4.74. The molecule has 2 aromatic rings. The Morgan fingerprint density at radius 2 is 1.77 bits per heavy atom. The number of Topliss-reactive ketones (excluding diaryl/α,β-unsaturated/α-hetero) is 1. The van der Waals surface area contributed by atoms with Crippen molar-refractivity contribution in [1.29, 1.82) is 0 Å². The van der Waals surface area contributed by atoms with Crippen molar-refractivity contribution in [3.63, 3.8) is 0 Å². The molecule has 1 heterocycles. The van der Waals surface area contributed by atoms with E-state index in [0.717, 1.165) is 26.3 Å². The Morgan fingerprint density at radius 3 is 2.42 bits per heavy atom. The minimum absolute atomic E-state index is 0.0327. The van der Waals surface area contributed by atoms with Gasteiger partial charge in [0, 0.05) is 31.2 Å². The summed E-state index contributed by atoms with van der Waals surface area (Å²) in [5.74, 6) is -0.365. The summed E-state index contributed by atoms with van der Waals surface area (Å²) in [5.41, 5.74) is 2.99. The van der Waals surface area contributed by atoms with Gasteiger partial charge in [-0.05, 0) is 36.8 Å². The molecule has 1 N–H and O–H groups in total. The number of aryl methyl sites for hydroxylation is 1. The van der Waals surface area contributed by atoms with E-state index in [0.29, 0.717) is 12.1 Å². The predicted octanol–water partition coefficient (Wildman–Crippen LogP) is 2.98. The van der Waals surface area contributed by atoms with Gasteiger partial charge < -0.3 is 10.1 Å². The highest BCUT2D eigenvalue weighted by atomic mass is 19.1. The number of nitrogens with one attached hydrogen (secondary N) is 1. The van der Waals surface area contributed by atoms with Gasteiger partial charge in [0.2, 0.25) is 0 Å². The second-order valence-electron chi connectivity index (χ2n) is 6.64. The molecule has 5 heteroatoms. The molecule has 1 saturated heterocycles. The molecule has 138 valence electrons. The fraction of sp³-hybridized carbons (Fsp3) is 0.381. The Kier molecular flexibility index (Phi) is 6.50. The van der Waals surface area contributed by atoms with Crippen LogP contribution in [0.5, 0.6) is 0 Å². The number of ether oxygens (including phenoxy) is 1. The molecule has 4 nitrogen and oxygen atoms in total. The van der Waals surface area contributed by atoms with Gasteiger partial charge in [0.05, 0.1) is 19.8 Å². The summed E-state index contributed by atoms with van der Waals surface area (Å²) in [4.78, 5) is 14.7. The van der Waals surface area contributed by atoms with Crippen molar-refractivity contribution in [3.05, 3.63) is 71.0 Å². The third kappa shape index (κ3) is 4.97. The van der Waals surface area contributed by atoms with Crippen molar-refractivity contribution >= 4 is 5.78 Å². The fourth-order valence-electron chi connectivity index (χ4n) is 3.20.